The molecule has 0 aromatic heterocycles. The van der Waals surface area contributed by atoms with Gasteiger partial charge in [-0.05, 0) is 31.2 Å². The van der Waals surface area contributed by atoms with Gasteiger partial charge in [0.1, 0.15) is 6.61 Å². The second kappa shape index (κ2) is 8.24. The van der Waals surface area contributed by atoms with Crippen LogP contribution in [0.4, 0.5) is 0 Å². The van der Waals surface area contributed by atoms with Crippen LogP contribution < -0.4 is 20.1 Å². The first-order valence-corrected chi connectivity index (χ1v) is 7.33. The van der Waals surface area contributed by atoms with E-state index >= 15 is 0 Å². The van der Waals surface area contributed by atoms with E-state index in [0.29, 0.717) is 30.2 Å². The molecule has 1 aliphatic heterocycles. The molecule has 1 aromatic carbocycles. The van der Waals surface area contributed by atoms with Crippen molar-refractivity contribution < 1.29 is 14.3 Å². The summed E-state index contributed by atoms with van der Waals surface area (Å²) in [6.45, 7) is 6.41. The highest BCUT2D eigenvalue weighted by Crippen LogP contribution is 2.28. The Bertz CT molecular complexity index is 567. The van der Waals surface area contributed by atoms with Gasteiger partial charge in [-0.15, -0.1) is 0 Å². The van der Waals surface area contributed by atoms with E-state index in [1.807, 2.05) is 0 Å². The highest BCUT2D eigenvalue weighted by molar-refractivity contribution is 5.95. The van der Waals surface area contributed by atoms with Crippen molar-refractivity contribution in [2.24, 2.45) is 0 Å². The number of hydrogen-bond donors (Lipinski definition) is 2. The Morgan fingerprint density at radius 1 is 1.45 bits per heavy atom. The minimum atomic E-state index is -0.118. The third-order valence-electron chi connectivity index (χ3n) is 3.42. The molecule has 2 N–H and O–H groups in total. The van der Waals surface area contributed by atoms with Crippen LogP contribution in [0.5, 0.6) is 11.5 Å². The molecule has 1 amide bonds. The first-order chi connectivity index (χ1) is 10.7. The summed E-state index contributed by atoms with van der Waals surface area (Å²) < 4.78 is 10.7. The maximum atomic E-state index is 12.2. The average molecular weight is 302 g/mol. The van der Waals surface area contributed by atoms with Crippen molar-refractivity contribution in [3.05, 3.63) is 48.1 Å². The number of carbonyl (C=O) groups excluding carboxylic acids is 1. The monoisotopic (exact) mass is 302 g/mol. The second-order valence-electron chi connectivity index (χ2n) is 4.96. The van der Waals surface area contributed by atoms with Gasteiger partial charge in [0.2, 0.25) is 0 Å². The smallest absolute Gasteiger partial charge is 0.251 e. The Labute approximate surface area is 131 Å². The van der Waals surface area contributed by atoms with Gasteiger partial charge in [-0.2, -0.15) is 0 Å². The van der Waals surface area contributed by atoms with Crippen LogP contribution in [0, 0.1) is 0 Å². The molecule has 22 heavy (non-hydrogen) atoms. The van der Waals surface area contributed by atoms with Crippen molar-refractivity contribution in [3.8, 4) is 11.5 Å². The molecular weight excluding hydrogens is 280 g/mol. The predicted octanol–water partition coefficient (Wildman–Crippen LogP) is 1.91. The Kier molecular flexibility index (Phi) is 6.03. The van der Waals surface area contributed by atoms with Crippen LogP contribution in [-0.4, -0.2) is 39.3 Å². The van der Waals surface area contributed by atoms with Gasteiger partial charge in [0, 0.05) is 18.7 Å². The zero-order valence-electron chi connectivity index (χ0n) is 12.9. The Balaban J connectivity index is 1.99. The quantitative estimate of drug-likeness (QED) is 0.755. The van der Waals surface area contributed by atoms with Crippen LogP contribution in [0.15, 0.2) is 42.5 Å². The van der Waals surface area contributed by atoms with Crippen LogP contribution in [0.3, 0.4) is 0 Å². The van der Waals surface area contributed by atoms with Crippen LogP contribution in [0.2, 0.25) is 0 Å². The van der Waals surface area contributed by atoms with Crippen LogP contribution in [-0.2, 0) is 0 Å². The fourth-order valence-electron chi connectivity index (χ4n) is 2.20. The van der Waals surface area contributed by atoms with Crippen LogP contribution >= 0.6 is 0 Å². The van der Waals surface area contributed by atoms with Crippen molar-refractivity contribution >= 4 is 5.91 Å². The second-order valence-corrected chi connectivity index (χ2v) is 4.96. The number of amides is 1. The van der Waals surface area contributed by atoms with E-state index in [2.05, 4.69) is 23.3 Å². The van der Waals surface area contributed by atoms with Gasteiger partial charge >= 0.3 is 0 Å². The molecule has 0 spiro atoms. The molecule has 5 nitrogen and oxygen atoms in total. The number of ether oxygens (including phenoxy) is 2. The summed E-state index contributed by atoms with van der Waals surface area (Å²) in [5, 5.41) is 6.18. The summed E-state index contributed by atoms with van der Waals surface area (Å²) >= 11 is 0. The minimum absolute atomic E-state index is 0.118. The molecule has 1 aliphatic rings. The molecule has 1 aromatic rings. The zero-order valence-corrected chi connectivity index (χ0v) is 12.9. The number of hydrogen-bond acceptors (Lipinski definition) is 4. The van der Waals surface area contributed by atoms with Crippen molar-refractivity contribution in [1.82, 2.24) is 10.6 Å². The van der Waals surface area contributed by atoms with Crippen molar-refractivity contribution in [1.29, 1.82) is 0 Å². The van der Waals surface area contributed by atoms with E-state index in [0.717, 1.165) is 19.5 Å². The van der Waals surface area contributed by atoms with Crippen LogP contribution in [0.1, 0.15) is 16.8 Å². The molecule has 2 rings (SSSR count). The lowest BCUT2D eigenvalue weighted by Gasteiger charge is -2.15. The molecule has 118 valence electrons. The molecule has 0 atom stereocenters. The van der Waals surface area contributed by atoms with Gasteiger partial charge in [0.25, 0.3) is 5.91 Å². The highest BCUT2D eigenvalue weighted by atomic mass is 16.5. The number of rotatable bonds is 7. The Hall–Kier alpha value is -2.27. The molecule has 1 heterocycles. The van der Waals surface area contributed by atoms with E-state index in [4.69, 9.17) is 9.47 Å². The average Bonchev–Trinajstić information content (AvgIpc) is 2.58. The number of nitrogens with one attached hydrogen (secondary N) is 2. The van der Waals surface area contributed by atoms with E-state index < -0.39 is 0 Å². The summed E-state index contributed by atoms with van der Waals surface area (Å²) in [4.78, 5) is 12.2. The summed E-state index contributed by atoms with van der Waals surface area (Å²) in [6, 6.07) is 5.15. The van der Waals surface area contributed by atoms with E-state index in [1.54, 1.807) is 31.4 Å². The van der Waals surface area contributed by atoms with E-state index in [1.165, 1.54) is 5.57 Å². The maximum Gasteiger partial charge on any atom is 0.251 e. The number of methoxy groups -OCH3 is 1. The largest absolute Gasteiger partial charge is 0.493 e. The molecule has 0 radical (unpaired) electrons. The molecule has 0 unspecified atom stereocenters. The normalized spacial score (nSPS) is 14.0. The lowest BCUT2D eigenvalue weighted by atomic mass is 10.1. The Morgan fingerprint density at radius 3 is 3.00 bits per heavy atom. The highest BCUT2D eigenvalue weighted by Gasteiger charge is 2.12. The topological polar surface area (TPSA) is 59.6 Å². The molecule has 5 heteroatoms. The third kappa shape index (κ3) is 4.36. The number of carbonyl (C=O) groups is 1. The summed E-state index contributed by atoms with van der Waals surface area (Å²) in [5.41, 5.74) is 1.81. The van der Waals surface area contributed by atoms with Gasteiger partial charge in [-0.3, -0.25) is 4.79 Å². The standard InChI is InChI=1S/C17H22N2O3/c1-3-10-22-15-5-4-14(11-16(15)21-2)17(20)19-12-13-6-8-18-9-7-13/h3-6,11,18H,1,7-10,12H2,2H3,(H,19,20). The maximum absolute atomic E-state index is 12.2. The molecule has 0 fully saturated rings. The molecule has 0 bridgehead atoms. The van der Waals surface area contributed by atoms with Gasteiger partial charge in [-0.25, -0.2) is 0 Å². The molecule has 0 saturated carbocycles. The summed E-state index contributed by atoms with van der Waals surface area (Å²) in [5.74, 6) is 1.02. The van der Waals surface area contributed by atoms with Gasteiger partial charge in [-0.1, -0.05) is 24.3 Å². The fourth-order valence-corrected chi connectivity index (χ4v) is 2.20. The van der Waals surface area contributed by atoms with E-state index in [9.17, 15) is 4.79 Å². The lowest BCUT2D eigenvalue weighted by molar-refractivity contribution is 0.0956. The fraction of sp³-hybridized carbons (Fsp3) is 0.353. The lowest BCUT2D eigenvalue weighted by Crippen LogP contribution is -2.29. The zero-order chi connectivity index (χ0) is 15.8. The third-order valence-corrected chi connectivity index (χ3v) is 3.42. The molecular formula is C17H22N2O3. The van der Waals surface area contributed by atoms with Gasteiger partial charge in [0.05, 0.1) is 7.11 Å². The van der Waals surface area contributed by atoms with Gasteiger partial charge < -0.3 is 20.1 Å². The van der Waals surface area contributed by atoms with Gasteiger partial charge in [0.15, 0.2) is 11.5 Å². The minimum Gasteiger partial charge on any atom is -0.493 e. The first-order valence-electron chi connectivity index (χ1n) is 7.33. The number of benzene rings is 1. The van der Waals surface area contributed by atoms with Crippen molar-refractivity contribution in [2.45, 2.75) is 6.42 Å². The summed E-state index contributed by atoms with van der Waals surface area (Å²) in [7, 11) is 1.55. The summed E-state index contributed by atoms with van der Waals surface area (Å²) in [6.07, 6.45) is 4.75. The molecule has 0 saturated heterocycles. The van der Waals surface area contributed by atoms with Crippen molar-refractivity contribution in [2.75, 3.05) is 33.4 Å². The van der Waals surface area contributed by atoms with E-state index in [-0.39, 0.29) is 5.91 Å². The molecule has 0 aliphatic carbocycles. The first kappa shape index (κ1) is 16.1. The SMILES string of the molecule is C=CCOc1ccc(C(=O)NCC2=CCNCC2)cc1OC. The van der Waals surface area contributed by atoms with Crippen molar-refractivity contribution in [3.63, 3.8) is 0 Å². The predicted molar refractivity (Wildman–Crippen MR) is 86.6 cm³/mol. The Morgan fingerprint density at radius 2 is 2.32 bits per heavy atom. The van der Waals surface area contributed by atoms with Crippen LogP contribution in [0.25, 0.3) is 0 Å².